The smallest absolute Gasteiger partial charge is 0.319 e. The van der Waals surface area contributed by atoms with E-state index in [4.69, 9.17) is 5.11 Å². The molecule has 0 saturated carbocycles. The van der Waals surface area contributed by atoms with Crippen molar-refractivity contribution in [2.24, 2.45) is 0 Å². The van der Waals surface area contributed by atoms with Crippen molar-refractivity contribution < 1.29 is 14.8 Å². The molecule has 0 spiro atoms. The first-order valence-electron chi connectivity index (χ1n) is 5.56. The van der Waals surface area contributed by atoms with Gasteiger partial charge in [-0.3, -0.25) is 10.1 Å². The van der Waals surface area contributed by atoms with Gasteiger partial charge in [0.2, 0.25) is 0 Å². The number of anilines is 1. The minimum atomic E-state index is -0.503. The summed E-state index contributed by atoms with van der Waals surface area (Å²) in [6.45, 7) is 1.93. The van der Waals surface area contributed by atoms with Crippen molar-refractivity contribution in [1.29, 1.82) is 0 Å². The molecular formula is C11H14BrN3O4. The summed E-state index contributed by atoms with van der Waals surface area (Å²) in [5.41, 5.74) is 0.760. The van der Waals surface area contributed by atoms with Crippen LogP contribution in [0.15, 0.2) is 16.6 Å². The number of rotatable bonds is 5. The van der Waals surface area contributed by atoms with Crippen LogP contribution in [0, 0.1) is 17.0 Å². The quantitative estimate of drug-likeness (QED) is 0.437. The molecule has 2 amide bonds. The minimum Gasteiger partial charge on any atom is -0.396 e. The summed E-state index contributed by atoms with van der Waals surface area (Å²) in [5, 5.41) is 24.4. The maximum Gasteiger partial charge on any atom is 0.319 e. The number of hydrogen-bond donors (Lipinski definition) is 3. The van der Waals surface area contributed by atoms with Crippen molar-refractivity contribution >= 4 is 33.3 Å². The van der Waals surface area contributed by atoms with Crippen molar-refractivity contribution in [1.82, 2.24) is 5.32 Å². The number of nitrogens with one attached hydrogen (secondary N) is 2. The van der Waals surface area contributed by atoms with Crippen LogP contribution in [-0.4, -0.2) is 29.2 Å². The van der Waals surface area contributed by atoms with Crippen LogP contribution in [0.2, 0.25) is 0 Å². The van der Waals surface area contributed by atoms with Crippen molar-refractivity contribution in [3.63, 3.8) is 0 Å². The number of hydrogen-bond acceptors (Lipinski definition) is 4. The Morgan fingerprint density at radius 2 is 2.21 bits per heavy atom. The van der Waals surface area contributed by atoms with E-state index in [1.807, 2.05) is 0 Å². The number of nitro groups is 1. The van der Waals surface area contributed by atoms with E-state index in [0.717, 1.165) is 0 Å². The predicted molar refractivity (Wildman–Crippen MR) is 74.3 cm³/mol. The average molecular weight is 332 g/mol. The van der Waals surface area contributed by atoms with Crippen LogP contribution in [0.1, 0.15) is 12.0 Å². The molecule has 8 heteroatoms. The lowest BCUT2D eigenvalue weighted by Gasteiger charge is -2.09. The molecular weight excluding hydrogens is 318 g/mol. The second kappa shape index (κ2) is 7.05. The topological polar surface area (TPSA) is 104 Å². The molecule has 1 aromatic carbocycles. The molecule has 0 fully saturated rings. The van der Waals surface area contributed by atoms with Crippen molar-refractivity contribution in [3.05, 3.63) is 32.3 Å². The van der Waals surface area contributed by atoms with Gasteiger partial charge in [-0.1, -0.05) is 0 Å². The third-order valence-corrected chi connectivity index (χ3v) is 3.01. The molecule has 0 aliphatic carbocycles. The van der Waals surface area contributed by atoms with E-state index in [-0.39, 0.29) is 12.3 Å². The van der Waals surface area contributed by atoms with Gasteiger partial charge in [-0.15, -0.1) is 0 Å². The number of nitrogens with zero attached hydrogens (tertiary/aromatic N) is 1. The van der Waals surface area contributed by atoms with E-state index in [9.17, 15) is 14.9 Å². The number of amides is 2. The minimum absolute atomic E-state index is 0.0139. The highest BCUT2D eigenvalue weighted by molar-refractivity contribution is 9.10. The number of nitro benzene ring substituents is 1. The fourth-order valence-electron chi connectivity index (χ4n) is 1.40. The number of benzene rings is 1. The molecule has 3 N–H and O–H groups in total. The Hall–Kier alpha value is -1.67. The van der Waals surface area contributed by atoms with Gasteiger partial charge in [-0.25, -0.2) is 4.79 Å². The SMILES string of the molecule is Cc1cc(Br)c(NC(=O)NCCCO)cc1[N+](=O)[O-]. The summed E-state index contributed by atoms with van der Waals surface area (Å²) >= 11 is 3.24. The Kier molecular flexibility index (Phi) is 5.71. The zero-order chi connectivity index (χ0) is 14.4. The predicted octanol–water partition coefficient (Wildman–Crippen LogP) is 2.17. The van der Waals surface area contributed by atoms with Gasteiger partial charge in [0.1, 0.15) is 0 Å². The van der Waals surface area contributed by atoms with Gasteiger partial charge in [0.15, 0.2) is 0 Å². The maximum absolute atomic E-state index is 11.5. The monoisotopic (exact) mass is 331 g/mol. The van der Waals surface area contributed by atoms with Gasteiger partial charge in [0.25, 0.3) is 5.69 Å². The Morgan fingerprint density at radius 3 is 2.79 bits per heavy atom. The van der Waals surface area contributed by atoms with Crippen LogP contribution in [-0.2, 0) is 0 Å². The van der Waals surface area contributed by atoms with Gasteiger partial charge in [-0.05, 0) is 35.3 Å². The molecule has 19 heavy (non-hydrogen) atoms. The van der Waals surface area contributed by atoms with E-state index in [1.165, 1.54) is 6.07 Å². The lowest BCUT2D eigenvalue weighted by atomic mass is 10.2. The average Bonchev–Trinajstić information content (AvgIpc) is 2.32. The Morgan fingerprint density at radius 1 is 1.53 bits per heavy atom. The number of aliphatic hydroxyl groups excluding tert-OH is 1. The summed E-state index contributed by atoms with van der Waals surface area (Å²) in [7, 11) is 0. The number of halogens is 1. The third-order valence-electron chi connectivity index (χ3n) is 2.35. The molecule has 0 aliphatic heterocycles. The van der Waals surface area contributed by atoms with Gasteiger partial charge in [0.05, 0.1) is 10.6 Å². The summed E-state index contributed by atoms with van der Waals surface area (Å²) in [6.07, 6.45) is 0.447. The van der Waals surface area contributed by atoms with Gasteiger partial charge < -0.3 is 15.7 Å². The van der Waals surface area contributed by atoms with Crippen LogP contribution in [0.25, 0.3) is 0 Å². The van der Waals surface area contributed by atoms with Gasteiger partial charge in [-0.2, -0.15) is 0 Å². The first kappa shape index (κ1) is 15.4. The van der Waals surface area contributed by atoms with E-state index >= 15 is 0 Å². The zero-order valence-corrected chi connectivity index (χ0v) is 11.9. The molecule has 0 aromatic heterocycles. The van der Waals surface area contributed by atoms with Crippen LogP contribution >= 0.6 is 15.9 Å². The van der Waals surface area contributed by atoms with E-state index in [1.54, 1.807) is 13.0 Å². The standard InChI is InChI=1S/C11H14BrN3O4/c1-7-5-8(12)9(6-10(7)15(18)19)14-11(17)13-3-2-4-16/h5-6,16H,2-4H2,1H3,(H2,13,14,17). The molecule has 0 heterocycles. The highest BCUT2D eigenvalue weighted by Crippen LogP contribution is 2.30. The molecule has 0 radical (unpaired) electrons. The number of aliphatic hydroxyl groups is 1. The summed E-state index contributed by atoms with van der Waals surface area (Å²) < 4.78 is 0.563. The highest BCUT2D eigenvalue weighted by atomic mass is 79.9. The number of urea groups is 1. The van der Waals surface area contributed by atoms with Crippen molar-refractivity contribution in [3.8, 4) is 0 Å². The Balaban J connectivity index is 2.80. The van der Waals surface area contributed by atoms with E-state index < -0.39 is 11.0 Å². The largest absolute Gasteiger partial charge is 0.396 e. The maximum atomic E-state index is 11.5. The molecule has 0 aliphatic rings. The summed E-state index contributed by atoms with van der Waals surface area (Å²) in [5.74, 6) is 0. The van der Waals surface area contributed by atoms with Gasteiger partial charge in [0, 0.05) is 29.3 Å². The number of carbonyl (C=O) groups is 1. The fraction of sp³-hybridized carbons (Fsp3) is 0.364. The highest BCUT2D eigenvalue weighted by Gasteiger charge is 2.15. The lowest BCUT2D eigenvalue weighted by molar-refractivity contribution is -0.385. The first-order chi connectivity index (χ1) is 8.95. The molecule has 7 nitrogen and oxygen atoms in total. The summed E-state index contributed by atoms with van der Waals surface area (Å²) in [6, 6.07) is 2.39. The second-order valence-electron chi connectivity index (χ2n) is 3.83. The van der Waals surface area contributed by atoms with Crippen LogP contribution in [0.4, 0.5) is 16.2 Å². The van der Waals surface area contributed by atoms with E-state index in [2.05, 4.69) is 26.6 Å². The zero-order valence-electron chi connectivity index (χ0n) is 10.3. The first-order valence-corrected chi connectivity index (χ1v) is 6.35. The molecule has 0 saturated heterocycles. The van der Waals surface area contributed by atoms with Crippen molar-refractivity contribution in [2.75, 3.05) is 18.5 Å². The second-order valence-corrected chi connectivity index (χ2v) is 4.69. The Labute approximate surface area is 118 Å². The van der Waals surface area contributed by atoms with Crippen molar-refractivity contribution in [2.45, 2.75) is 13.3 Å². The molecule has 1 rings (SSSR count). The van der Waals surface area contributed by atoms with Crippen LogP contribution in [0.5, 0.6) is 0 Å². The molecule has 0 atom stereocenters. The Bertz CT molecular complexity index is 493. The van der Waals surface area contributed by atoms with Crippen LogP contribution in [0.3, 0.4) is 0 Å². The number of carbonyl (C=O) groups excluding carboxylic acids is 1. The number of aryl methyl sites for hydroxylation is 1. The molecule has 0 bridgehead atoms. The third kappa shape index (κ3) is 4.49. The van der Waals surface area contributed by atoms with Gasteiger partial charge >= 0.3 is 6.03 Å². The fourth-order valence-corrected chi connectivity index (χ4v) is 1.96. The normalized spacial score (nSPS) is 10.1. The summed E-state index contributed by atoms with van der Waals surface area (Å²) in [4.78, 5) is 21.8. The van der Waals surface area contributed by atoms with Crippen LogP contribution < -0.4 is 10.6 Å². The lowest BCUT2D eigenvalue weighted by Crippen LogP contribution is -2.30. The van der Waals surface area contributed by atoms with E-state index in [0.29, 0.717) is 28.7 Å². The molecule has 1 aromatic rings. The molecule has 104 valence electrons. The molecule has 0 unspecified atom stereocenters.